The maximum atomic E-state index is 13.4. The van der Waals surface area contributed by atoms with E-state index in [1.54, 1.807) is 13.8 Å². The third-order valence-electron chi connectivity index (χ3n) is 5.02. The van der Waals surface area contributed by atoms with E-state index in [2.05, 4.69) is 21.7 Å². The van der Waals surface area contributed by atoms with Gasteiger partial charge in [0.25, 0.3) is 5.56 Å². The van der Waals surface area contributed by atoms with Gasteiger partial charge < -0.3 is 9.64 Å². The minimum Gasteiger partial charge on any atom is -0.462 e. The highest BCUT2D eigenvalue weighted by atomic mass is 35.6. The second-order valence-corrected chi connectivity index (χ2v) is 10.1. The van der Waals surface area contributed by atoms with Crippen LogP contribution in [-0.2, 0) is 15.2 Å². The fourth-order valence-electron chi connectivity index (χ4n) is 3.40. The number of carbonyl (C=O) groups is 1. The fraction of sp³-hybridized carbons (Fsp3) is 0.611. The fourth-order valence-corrected chi connectivity index (χ4v) is 4.90. The Bertz CT molecular complexity index is 962. The van der Waals surface area contributed by atoms with Crippen LogP contribution >= 0.6 is 46.1 Å². The molecular weight excluding hydrogens is 459 g/mol. The number of ether oxygens (including phenoxy) is 1. The van der Waals surface area contributed by atoms with Gasteiger partial charge in [0.1, 0.15) is 9.71 Å². The molecule has 0 aromatic carbocycles. The zero-order valence-corrected chi connectivity index (χ0v) is 19.6. The third-order valence-corrected chi connectivity index (χ3v) is 6.69. The smallest absolute Gasteiger partial charge is 0.348 e. The van der Waals surface area contributed by atoms with E-state index < -0.39 is 9.76 Å². The van der Waals surface area contributed by atoms with Crippen LogP contribution in [0.3, 0.4) is 0 Å². The molecule has 1 saturated heterocycles. The van der Waals surface area contributed by atoms with E-state index in [-0.39, 0.29) is 24.7 Å². The Kier molecular flexibility index (Phi) is 7.13. The molecule has 3 rings (SSSR count). The van der Waals surface area contributed by atoms with E-state index in [1.165, 1.54) is 4.57 Å². The van der Waals surface area contributed by atoms with Gasteiger partial charge in [-0.15, -0.1) is 11.3 Å². The number of nitrogens with zero attached hydrogens (tertiary/aromatic N) is 4. The molecule has 2 aromatic heterocycles. The summed E-state index contributed by atoms with van der Waals surface area (Å²) in [5.74, 6) is -0.431. The molecule has 0 bridgehead atoms. The molecule has 0 aliphatic carbocycles. The average Bonchev–Trinajstić information content (AvgIpc) is 3.00. The van der Waals surface area contributed by atoms with Crippen molar-refractivity contribution in [2.75, 3.05) is 39.3 Å². The summed E-state index contributed by atoms with van der Waals surface area (Å²) in [5, 5.41) is 0.364. The Labute approximate surface area is 188 Å². The lowest BCUT2D eigenvalue weighted by Gasteiger charge is -2.34. The largest absolute Gasteiger partial charge is 0.462 e. The summed E-state index contributed by atoms with van der Waals surface area (Å²) >= 11 is 19.5. The molecule has 0 amide bonds. The molecule has 1 aliphatic rings. The van der Waals surface area contributed by atoms with Crippen molar-refractivity contribution >= 4 is 62.3 Å². The molecule has 0 saturated carbocycles. The number of thiophene rings is 1. The maximum Gasteiger partial charge on any atom is 0.348 e. The number of aromatic nitrogens is 2. The summed E-state index contributed by atoms with van der Waals surface area (Å²) in [5.41, 5.74) is 0.222. The number of alkyl halides is 3. The number of esters is 1. The zero-order valence-electron chi connectivity index (χ0n) is 16.5. The number of likely N-dealkylation sites (N-methyl/N-ethyl adjacent to an activating group) is 1. The number of rotatable bonds is 5. The van der Waals surface area contributed by atoms with Gasteiger partial charge in [0.05, 0.1) is 18.7 Å². The molecule has 11 heteroatoms. The number of hydrogen-bond donors (Lipinski definition) is 0. The molecule has 2 aromatic rings. The van der Waals surface area contributed by atoms with Crippen molar-refractivity contribution in [1.82, 2.24) is 19.4 Å². The van der Waals surface area contributed by atoms with Crippen LogP contribution in [0.25, 0.3) is 10.2 Å². The first kappa shape index (κ1) is 22.8. The van der Waals surface area contributed by atoms with Crippen molar-refractivity contribution in [2.45, 2.75) is 31.2 Å². The predicted molar refractivity (Wildman–Crippen MR) is 117 cm³/mol. The average molecular weight is 482 g/mol. The summed E-state index contributed by atoms with van der Waals surface area (Å²) in [4.78, 5) is 35.3. The number of fused-ring (bicyclic) bond motifs is 1. The van der Waals surface area contributed by atoms with Crippen molar-refractivity contribution in [2.24, 2.45) is 0 Å². The van der Waals surface area contributed by atoms with Gasteiger partial charge in [-0.2, -0.15) is 0 Å². The lowest BCUT2D eigenvalue weighted by molar-refractivity contribution is 0.0531. The standard InChI is InChI=1S/C18H23Cl3N4O3S/c1-4-23-6-8-24(9-7-23)10-25-15(26)12-11(3)13(16(27)28-5-2)29-14(12)22-17(25)18(19,20)21/h4-10H2,1-3H3. The van der Waals surface area contributed by atoms with Gasteiger partial charge in [0.2, 0.25) is 3.79 Å². The normalized spacial score (nSPS) is 16.5. The summed E-state index contributed by atoms with van der Waals surface area (Å²) in [6.07, 6.45) is 0. The lowest BCUT2D eigenvalue weighted by Crippen LogP contribution is -2.48. The molecular formula is C18H23Cl3N4O3S. The highest BCUT2D eigenvalue weighted by Gasteiger charge is 2.33. The minimum atomic E-state index is -1.87. The van der Waals surface area contributed by atoms with Gasteiger partial charge in [-0.05, 0) is 26.0 Å². The van der Waals surface area contributed by atoms with Crippen molar-refractivity contribution in [3.8, 4) is 0 Å². The molecule has 160 valence electrons. The van der Waals surface area contributed by atoms with Gasteiger partial charge >= 0.3 is 5.97 Å². The predicted octanol–water partition coefficient (Wildman–Crippen LogP) is 3.36. The van der Waals surface area contributed by atoms with E-state index in [0.29, 0.717) is 20.7 Å². The van der Waals surface area contributed by atoms with Crippen LogP contribution in [0, 0.1) is 6.92 Å². The van der Waals surface area contributed by atoms with Crippen LogP contribution in [0.2, 0.25) is 0 Å². The highest BCUT2D eigenvalue weighted by molar-refractivity contribution is 7.20. The molecule has 0 atom stereocenters. The molecule has 0 N–H and O–H groups in total. The maximum absolute atomic E-state index is 13.4. The Hall–Kier alpha value is -0.900. The van der Waals surface area contributed by atoms with E-state index in [9.17, 15) is 9.59 Å². The van der Waals surface area contributed by atoms with Crippen LogP contribution in [-0.4, -0.2) is 64.7 Å². The van der Waals surface area contributed by atoms with Crippen LogP contribution < -0.4 is 5.56 Å². The quantitative estimate of drug-likeness (QED) is 0.482. The van der Waals surface area contributed by atoms with E-state index in [1.807, 2.05) is 0 Å². The van der Waals surface area contributed by atoms with Gasteiger partial charge in [-0.1, -0.05) is 41.7 Å². The number of aryl methyl sites for hydroxylation is 1. The number of hydrogen-bond acceptors (Lipinski definition) is 7. The SMILES string of the molecule is CCOC(=O)c1sc2nc(C(Cl)(Cl)Cl)n(CN3CCN(CC)CC3)c(=O)c2c1C. The topological polar surface area (TPSA) is 67.7 Å². The molecule has 0 spiro atoms. The second-order valence-electron chi connectivity index (χ2n) is 6.82. The molecule has 1 aliphatic heterocycles. The summed E-state index contributed by atoms with van der Waals surface area (Å²) in [6, 6.07) is 0. The third kappa shape index (κ3) is 4.73. The summed E-state index contributed by atoms with van der Waals surface area (Å²) in [6.45, 7) is 10.5. The number of piperazine rings is 1. The van der Waals surface area contributed by atoms with Crippen LogP contribution in [0.15, 0.2) is 4.79 Å². The molecule has 0 unspecified atom stereocenters. The van der Waals surface area contributed by atoms with Crippen molar-refractivity contribution in [3.05, 3.63) is 26.6 Å². The van der Waals surface area contributed by atoms with Crippen molar-refractivity contribution < 1.29 is 9.53 Å². The number of halogens is 3. The second kappa shape index (κ2) is 9.08. The van der Waals surface area contributed by atoms with Gasteiger partial charge in [0, 0.05) is 26.2 Å². The van der Waals surface area contributed by atoms with E-state index in [4.69, 9.17) is 39.5 Å². The summed E-state index contributed by atoms with van der Waals surface area (Å²) in [7, 11) is 0. The Balaban J connectivity index is 2.07. The van der Waals surface area contributed by atoms with Gasteiger partial charge in [-0.3, -0.25) is 14.3 Å². The van der Waals surface area contributed by atoms with Crippen molar-refractivity contribution in [3.63, 3.8) is 0 Å². The Morgan fingerprint density at radius 2 is 1.79 bits per heavy atom. The first-order valence-electron chi connectivity index (χ1n) is 9.40. The monoisotopic (exact) mass is 480 g/mol. The first-order chi connectivity index (χ1) is 13.7. The Morgan fingerprint density at radius 3 is 2.34 bits per heavy atom. The molecule has 7 nitrogen and oxygen atoms in total. The molecule has 0 radical (unpaired) electrons. The minimum absolute atomic E-state index is 0.0505. The molecule has 1 fully saturated rings. The van der Waals surface area contributed by atoms with E-state index in [0.717, 1.165) is 44.1 Å². The summed E-state index contributed by atoms with van der Waals surface area (Å²) < 4.78 is 4.63. The molecule has 3 heterocycles. The molecule has 29 heavy (non-hydrogen) atoms. The van der Waals surface area contributed by atoms with Gasteiger partial charge in [0.15, 0.2) is 5.82 Å². The number of carbonyl (C=O) groups excluding carboxylic acids is 1. The first-order valence-corrected chi connectivity index (χ1v) is 11.3. The van der Waals surface area contributed by atoms with Crippen LogP contribution in [0.4, 0.5) is 0 Å². The zero-order chi connectivity index (χ0) is 21.3. The lowest BCUT2D eigenvalue weighted by atomic mass is 10.2. The van der Waals surface area contributed by atoms with Crippen LogP contribution in [0.1, 0.15) is 34.9 Å². The van der Waals surface area contributed by atoms with Gasteiger partial charge in [-0.25, -0.2) is 9.78 Å². The Morgan fingerprint density at radius 1 is 1.17 bits per heavy atom. The van der Waals surface area contributed by atoms with E-state index >= 15 is 0 Å². The van der Waals surface area contributed by atoms with Crippen molar-refractivity contribution in [1.29, 1.82) is 0 Å². The van der Waals surface area contributed by atoms with Crippen LogP contribution in [0.5, 0.6) is 0 Å². The highest BCUT2D eigenvalue weighted by Crippen LogP contribution is 2.38.